The van der Waals surface area contributed by atoms with Crippen molar-refractivity contribution in [2.45, 2.75) is 12.5 Å². The number of rotatable bonds is 7. The van der Waals surface area contributed by atoms with Crippen LogP contribution in [0.4, 0.5) is 0 Å². The molecule has 34 heavy (non-hydrogen) atoms. The molecular weight excluding hydrogens is 430 g/mol. The molecule has 3 aromatic carbocycles. The van der Waals surface area contributed by atoms with Gasteiger partial charge in [-0.25, -0.2) is 0 Å². The van der Waals surface area contributed by atoms with E-state index in [1.54, 1.807) is 23.1 Å². The quantitative estimate of drug-likeness (QED) is 0.386. The summed E-state index contributed by atoms with van der Waals surface area (Å²) in [7, 11) is 1.53. The molecule has 6 heteroatoms. The zero-order chi connectivity index (χ0) is 23.7. The second-order valence-corrected chi connectivity index (χ2v) is 8.13. The van der Waals surface area contributed by atoms with E-state index in [-0.39, 0.29) is 11.3 Å². The summed E-state index contributed by atoms with van der Waals surface area (Å²) >= 11 is 0. The lowest BCUT2D eigenvalue weighted by Crippen LogP contribution is -2.33. The smallest absolute Gasteiger partial charge is 0.290 e. The number of nitrogens with zero attached hydrogens (tertiary/aromatic N) is 1. The number of hydrogen-bond donors (Lipinski definition) is 1. The van der Waals surface area contributed by atoms with Crippen LogP contribution in [0.1, 0.15) is 27.7 Å². The zero-order valence-electron chi connectivity index (χ0n) is 18.6. The Balaban J connectivity index is 1.54. The number of amides is 1. The molecule has 0 bridgehead atoms. The van der Waals surface area contributed by atoms with E-state index >= 15 is 0 Å². The molecule has 0 fully saturated rings. The standard InChI is InChI=1S/C28H23NO5/c1-33-21-14-8-13-20-17-22(34-27(20)21)25(30)23-24(19-11-6-3-7-12-19)29(28(32)26(23)31)16-15-18-9-4-2-5-10-18/h2-14,17,24,31H,15-16H2,1H3. The summed E-state index contributed by atoms with van der Waals surface area (Å²) in [6.45, 7) is 0.344. The minimum absolute atomic E-state index is 0.0160. The summed E-state index contributed by atoms with van der Waals surface area (Å²) in [6, 6.07) is 25.3. The van der Waals surface area contributed by atoms with Crippen LogP contribution in [0.5, 0.6) is 5.75 Å². The fraction of sp³-hybridized carbons (Fsp3) is 0.143. The van der Waals surface area contributed by atoms with Gasteiger partial charge < -0.3 is 19.2 Å². The lowest BCUT2D eigenvalue weighted by atomic mass is 9.95. The predicted molar refractivity (Wildman–Crippen MR) is 128 cm³/mol. The molecule has 170 valence electrons. The monoisotopic (exact) mass is 453 g/mol. The van der Waals surface area contributed by atoms with Gasteiger partial charge in [0.2, 0.25) is 5.78 Å². The van der Waals surface area contributed by atoms with E-state index in [9.17, 15) is 14.7 Å². The van der Waals surface area contributed by atoms with E-state index in [1.165, 1.54) is 7.11 Å². The van der Waals surface area contributed by atoms with E-state index in [2.05, 4.69) is 0 Å². The van der Waals surface area contributed by atoms with Crippen molar-refractivity contribution in [1.29, 1.82) is 0 Å². The molecule has 0 saturated heterocycles. The topological polar surface area (TPSA) is 80.0 Å². The first-order valence-corrected chi connectivity index (χ1v) is 11.0. The first kappa shape index (κ1) is 21.5. The first-order chi connectivity index (χ1) is 16.6. The van der Waals surface area contributed by atoms with Crippen LogP contribution < -0.4 is 4.74 Å². The average Bonchev–Trinajstić information content (AvgIpc) is 3.43. The fourth-order valence-electron chi connectivity index (χ4n) is 4.43. The summed E-state index contributed by atoms with van der Waals surface area (Å²) in [5.41, 5.74) is 2.26. The largest absolute Gasteiger partial charge is 0.503 e. The third kappa shape index (κ3) is 3.73. The molecule has 0 spiro atoms. The van der Waals surface area contributed by atoms with Gasteiger partial charge in [0.1, 0.15) is 0 Å². The van der Waals surface area contributed by atoms with Crippen molar-refractivity contribution in [2.75, 3.05) is 13.7 Å². The van der Waals surface area contributed by atoms with Crippen molar-refractivity contribution >= 4 is 22.7 Å². The number of fused-ring (bicyclic) bond motifs is 1. The van der Waals surface area contributed by atoms with Gasteiger partial charge in [-0.3, -0.25) is 9.59 Å². The molecule has 1 unspecified atom stereocenters. The molecule has 1 N–H and O–H groups in total. The van der Waals surface area contributed by atoms with Crippen LogP contribution in [-0.4, -0.2) is 35.4 Å². The molecule has 1 atom stereocenters. The number of benzene rings is 3. The third-order valence-electron chi connectivity index (χ3n) is 6.10. The van der Waals surface area contributed by atoms with Gasteiger partial charge in [-0.2, -0.15) is 0 Å². The van der Waals surface area contributed by atoms with E-state index in [4.69, 9.17) is 9.15 Å². The Labute approximate surface area is 196 Å². The van der Waals surface area contributed by atoms with Gasteiger partial charge in [0.25, 0.3) is 5.91 Å². The van der Waals surface area contributed by atoms with Gasteiger partial charge in [0, 0.05) is 11.9 Å². The molecule has 0 radical (unpaired) electrons. The van der Waals surface area contributed by atoms with Crippen molar-refractivity contribution < 1.29 is 23.8 Å². The molecular formula is C28H23NO5. The van der Waals surface area contributed by atoms with Gasteiger partial charge in [0.05, 0.1) is 18.7 Å². The van der Waals surface area contributed by atoms with Crippen LogP contribution in [0, 0.1) is 0 Å². The van der Waals surface area contributed by atoms with Gasteiger partial charge in [-0.05, 0) is 29.7 Å². The van der Waals surface area contributed by atoms with Gasteiger partial charge in [-0.1, -0.05) is 72.8 Å². The number of methoxy groups -OCH3 is 1. The molecule has 1 aliphatic rings. The highest BCUT2D eigenvalue weighted by atomic mass is 16.5. The summed E-state index contributed by atoms with van der Waals surface area (Å²) in [5.74, 6) is -1.10. The van der Waals surface area contributed by atoms with E-state index < -0.39 is 23.5 Å². The maximum Gasteiger partial charge on any atom is 0.290 e. The number of furan rings is 1. The van der Waals surface area contributed by atoms with E-state index in [0.29, 0.717) is 29.7 Å². The number of para-hydroxylation sites is 1. The molecule has 6 nitrogen and oxygen atoms in total. The maximum absolute atomic E-state index is 13.6. The molecule has 0 aliphatic carbocycles. The minimum Gasteiger partial charge on any atom is -0.503 e. The minimum atomic E-state index is -0.722. The van der Waals surface area contributed by atoms with Crippen LogP contribution in [0.15, 0.2) is 101 Å². The Kier molecular flexibility index (Phi) is 5.64. The number of carbonyl (C=O) groups is 2. The molecule has 1 aliphatic heterocycles. The lowest BCUT2D eigenvalue weighted by molar-refractivity contribution is -0.129. The highest BCUT2D eigenvalue weighted by Gasteiger charge is 2.44. The van der Waals surface area contributed by atoms with Crippen molar-refractivity contribution in [3.63, 3.8) is 0 Å². The average molecular weight is 453 g/mol. The Morgan fingerprint density at radius 2 is 1.71 bits per heavy atom. The third-order valence-corrected chi connectivity index (χ3v) is 6.10. The van der Waals surface area contributed by atoms with Crippen molar-refractivity contribution in [3.05, 3.63) is 113 Å². The van der Waals surface area contributed by atoms with Gasteiger partial charge in [0.15, 0.2) is 22.9 Å². The van der Waals surface area contributed by atoms with Crippen LogP contribution in [0.3, 0.4) is 0 Å². The van der Waals surface area contributed by atoms with Crippen LogP contribution in [0.25, 0.3) is 11.0 Å². The molecule has 5 rings (SSSR count). The Morgan fingerprint density at radius 3 is 2.41 bits per heavy atom. The van der Waals surface area contributed by atoms with Gasteiger partial charge in [-0.15, -0.1) is 0 Å². The molecule has 2 heterocycles. The first-order valence-electron chi connectivity index (χ1n) is 11.0. The number of hydrogen-bond acceptors (Lipinski definition) is 5. The fourth-order valence-corrected chi connectivity index (χ4v) is 4.43. The molecule has 1 aromatic heterocycles. The molecule has 0 saturated carbocycles. The number of aliphatic hydroxyl groups excluding tert-OH is 1. The summed E-state index contributed by atoms with van der Waals surface area (Å²) in [6.07, 6.45) is 0.590. The van der Waals surface area contributed by atoms with Crippen LogP contribution >= 0.6 is 0 Å². The Hall–Kier alpha value is -4.32. The second kappa shape index (κ2) is 8.90. The normalized spacial score (nSPS) is 15.9. The summed E-state index contributed by atoms with van der Waals surface area (Å²) in [4.78, 5) is 28.3. The molecule has 1 amide bonds. The number of carbonyl (C=O) groups excluding carboxylic acids is 2. The Bertz CT molecular complexity index is 1390. The highest BCUT2D eigenvalue weighted by Crippen LogP contribution is 2.40. The zero-order valence-corrected chi connectivity index (χ0v) is 18.6. The highest BCUT2D eigenvalue weighted by molar-refractivity contribution is 6.16. The predicted octanol–water partition coefficient (Wildman–Crippen LogP) is 5.26. The SMILES string of the molecule is COc1cccc2cc(C(=O)C3=C(O)C(=O)N(CCc4ccccc4)C3c3ccccc3)oc12. The van der Waals surface area contributed by atoms with Crippen LogP contribution in [-0.2, 0) is 11.2 Å². The van der Waals surface area contributed by atoms with Crippen molar-refractivity contribution in [3.8, 4) is 5.75 Å². The summed E-state index contributed by atoms with van der Waals surface area (Å²) in [5, 5.41) is 11.6. The lowest BCUT2D eigenvalue weighted by Gasteiger charge is -2.26. The van der Waals surface area contributed by atoms with Crippen molar-refractivity contribution in [2.24, 2.45) is 0 Å². The maximum atomic E-state index is 13.6. The van der Waals surface area contributed by atoms with E-state index in [0.717, 1.165) is 11.1 Å². The number of aliphatic hydroxyl groups is 1. The number of ketones is 1. The Morgan fingerprint density at radius 1 is 1.00 bits per heavy atom. The summed E-state index contributed by atoms with van der Waals surface area (Å²) < 4.78 is 11.2. The van der Waals surface area contributed by atoms with Crippen LogP contribution in [0.2, 0.25) is 0 Å². The van der Waals surface area contributed by atoms with Crippen molar-refractivity contribution in [1.82, 2.24) is 4.90 Å². The second-order valence-electron chi connectivity index (χ2n) is 8.13. The van der Waals surface area contributed by atoms with E-state index in [1.807, 2.05) is 66.7 Å². The number of ether oxygens (including phenoxy) is 1. The molecule has 4 aromatic rings. The van der Waals surface area contributed by atoms with Gasteiger partial charge >= 0.3 is 0 Å². The number of Topliss-reactive ketones (excluding diaryl/α,β-unsaturated/α-hetero) is 1.